The number of furan rings is 1. The van der Waals surface area contributed by atoms with Crippen LogP contribution in [0.15, 0.2) is 76.2 Å². The SMILES string of the molecule is Cc1cccc(OCCCNC(=O)c2ccc(S(=O)(=O)NCc3ccco3)cc2)c1. The van der Waals surface area contributed by atoms with Gasteiger partial charge in [0.15, 0.2) is 0 Å². The van der Waals surface area contributed by atoms with Gasteiger partial charge in [-0.05, 0) is 67.4 Å². The lowest BCUT2D eigenvalue weighted by Crippen LogP contribution is -2.26. The van der Waals surface area contributed by atoms with Crippen molar-refractivity contribution in [2.24, 2.45) is 0 Å². The zero-order valence-corrected chi connectivity index (χ0v) is 17.4. The van der Waals surface area contributed by atoms with E-state index in [9.17, 15) is 13.2 Å². The third-order valence-corrected chi connectivity index (χ3v) is 5.73. The Hall–Kier alpha value is -3.10. The largest absolute Gasteiger partial charge is 0.494 e. The van der Waals surface area contributed by atoms with Gasteiger partial charge in [0.2, 0.25) is 10.0 Å². The van der Waals surface area contributed by atoms with Crippen LogP contribution in [0.4, 0.5) is 0 Å². The standard InChI is InChI=1S/C22H24N2O5S/c1-17-5-2-6-19(15-17)28-14-4-12-23-22(25)18-8-10-21(11-9-18)30(26,27)24-16-20-7-3-13-29-20/h2-3,5-11,13,15,24H,4,12,14,16H2,1H3,(H,23,25). The number of carbonyl (C=O) groups is 1. The van der Waals surface area contributed by atoms with E-state index in [0.717, 1.165) is 11.3 Å². The molecule has 0 saturated heterocycles. The highest BCUT2D eigenvalue weighted by Gasteiger charge is 2.15. The van der Waals surface area contributed by atoms with Gasteiger partial charge < -0.3 is 14.5 Å². The number of nitrogens with one attached hydrogen (secondary N) is 2. The summed E-state index contributed by atoms with van der Waals surface area (Å²) < 4.78 is 37.9. The highest BCUT2D eigenvalue weighted by molar-refractivity contribution is 7.89. The highest BCUT2D eigenvalue weighted by atomic mass is 32.2. The fraction of sp³-hybridized carbons (Fsp3) is 0.227. The van der Waals surface area contributed by atoms with Crippen molar-refractivity contribution in [3.8, 4) is 5.75 Å². The molecule has 30 heavy (non-hydrogen) atoms. The van der Waals surface area contributed by atoms with Gasteiger partial charge in [-0.25, -0.2) is 13.1 Å². The maximum absolute atomic E-state index is 12.3. The lowest BCUT2D eigenvalue weighted by molar-refractivity contribution is 0.0951. The molecule has 0 unspecified atom stereocenters. The number of amides is 1. The third kappa shape index (κ3) is 6.20. The minimum Gasteiger partial charge on any atom is -0.494 e. The molecule has 0 fully saturated rings. The van der Waals surface area contributed by atoms with Crippen molar-refractivity contribution in [1.82, 2.24) is 10.0 Å². The molecule has 0 saturated carbocycles. The molecule has 0 atom stereocenters. The van der Waals surface area contributed by atoms with E-state index in [1.54, 1.807) is 12.1 Å². The number of sulfonamides is 1. The average Bonchev–Trinajstić information content (AvgIpc) is 3.26. The summed E-state index contributed by atoms with van der Waals surface area (Å²) in [5.41, 5.74) is 1.52. The first-order chi connectivity index (χ1) is 14.4. The van der Waals surface area contributed by atoms with E-state index in [1.807, 2.05) is 31.2 Å². The molecule has 1 amide bonds. The van der Waals surface area contributed by atoms with Gasteiger partial charge in [-0.2, -0.15) is 0 Å². The smallest absolute Gasteiger partial charge is 0.251 e. The van der Waals surface area contributed by atoms with Crippen LogP contribution in [0.2, 0.25) is 0 Å². The van der Waals surface area contributed by atoms with Crippen molar-refractivity contribution in [2.45, 2.75) is 24.8 Å². The van der Waals surface area contributed by atoms with Gasteiger partial charge in [-0.3, -0.25) is 4.79 Å². The third-order valence-electron chi connectivity index (χ3n) is 4.31. The summed E-state index contributed by atoms with van der Waals surface area (Å²) in [7, 11) is -3.69. The second-order valence-electron chi connectivity index (χ2n) is 6.70. The van der Waals surface area contributed by atoms with Crippen molar-refractivity contribution in [3.05, 3.63) is 83.8 Å². The zero-order valence-electron chi connectivity index (χ0n) is 16.6. The normalized spacial score (nSPS) is 11.2. The summed E-state index contributed by atoms with van der Waals surface area (Å²) in [6.45, 7) is 3.00. The van der Waals surface area contributed by atoms with Gasteiger partial charge >= 0.3 is 0 Å². The van der Waals surface area contributed by atoms with Crippen LogP contribution in [-0.4, -0.2) is 27.5 Å². The first-order valence-corrected chi connectivity index (χ1v) is 11.0. The summed E-state index contributed by atoms with van der Waals surface area (Å²) in [6, 6.07) is 16.9. The van der Waals surface area contributed by atoms with Crippen LogP contribution in [0.5, 0.6) is 5.75 Å². The maximum Gasteiger partial charge on any atom is 0.251 e. The van der Waals surface area contributed by atoms with Gasteiger partial charge in [-0.1, -0.05) is 12.1 Å². The lowest BCUT2D eigenvalue weighted by Gasteiger charge is -2.09. The maximum atomic E-state index is 12.3. The first kappa shape index (κ1) is 21.6. The summed E-state index contributed by atoms with van der Waals surface area (Å²) in [5, 5.41) is 2.80. The molecule has 8 heteroatoms. The fourth-order valence-electron chi connectivity index (χ4n) is 2.72. The highest BCUT2D eigenvalue weighted by Crippen LogP contribution is 2.13. The number of hydrogen-bond acceptors (Lipinski definition) is 5. The van der Waals surface area contributed by atoms with Crippen LogP contribution in [-0.2, 0) is 16.6 Å². The molecular formula is C22H24N2O5S. The van der Waals surface area contributed by atoms with Crippen molar-refractivity contribution < 1.29 is 22.4 Å². The first-order valence-electron chi connectivity index (χ1n) is 9.54. The molecule has 158 valence electrons. The van der Waals surface area contributed by atoms with Gasteiger partial charge in [-0.15, -0.1) is 0 Å². The molecule has 0 aliphatic heterocycles. The number of carbonyl (C=O) groups excluding carboxylic acids is 1. The molecule has 2 aromatic carbocycles. The Morgan fingerprint density at radius 3 is 2.57 bits per heavy atom. The number of rotatable bonds is 10. The molecule has 1 heterocycles. The van der Waals surface area contributed by atoms with Crippen molar-refractivity contribution in [3.63, 3.8) is 0 Å². The van der Waals surface area contributed by atoms with Crippen LogP contribution >= 0.6 is 0 Å². The zero-order chi connectivity index (χ0) is 21.4. The van der Waals surface area contributed by atoms with E-state index in [4.69, 9.17) is 9.15 Å². The minimum atomic E-state index is -3.69. The Morgan fingerprint density at radius 2 is 1.87 bits per heavy atom. The summed E-state index contributed by atoms with van der Waals surface area (Å²) in [6.07, 6.45) is 2.13. The van der Waals surface area contributed by atoms with E-state index < -0.39 is 10.0 Å². The van der Waals surface area contributed by atoms with Crippen molar-refractivity contribution >= 4 is 15.9 Å². The Balaban J connectivity index is 1.44. The summed E-state index contributed by atoms with van der Waals surface area (Å²) in [5.74, 6) is 1.05. The molecule has 0 radical (unpaired) electrons. The molecule has 0 spiro atoms. The Morgan fingerprint density at radius 1 is 1.07 bits per heavy atom. The second kappa shape index (κ2) is 10.1. The van der Waals surface area contributed by atoms with E-state index >= 15 is 0 Å². The van der Waals surface area contributed by atoms with E-state index in [1.165, 1.54) is 30.5 Å². The Bertz CT molecular complexity index is 1060. The monoisotopic (exact) mass is 428 g/mol. The van der Waals surface area contributed by atoms with Crippen LogP contribution in [0, 0.1) is 6.92 Å². The van der Waals surface area contributed by atoms with E-state index in [2.05, 4.69) is 10.0 Å². The molecule has 0 aliphatic rings. The number of benzene rings is 2. The van der Waals surface area contributed by atoms with Crippen LogP contribution in [0.25, 0.3) is 0 Å². The number of aryl methyl sites for hydroxylation is 1. The van der Waals surface area contributed by atoms with Crippen molar-refractivity contribution in [1.29, 1.82) is 0 Å². The summed E-state index contributed by atoms with van der Waals surface area (Å²) >= 11 is 0. The topological polar surface area (TPSA) is 97.6 Å². The minimum absolute atomic E-state index is 0.0577. The van der Waals surface area contributed by atoms with Crippen LogP contribution in [0.1, 0.15) is 28.1 Å². The summed E-state index contributed by atoms with van der Waals surface area (Å²) in [4.78, 5) is 12.3. The Labute approximate surface area is 176 Å². The van der Waals surface area contributed by atoms with Gasteiger partial charge in [0.25, 0.3) is 5.91 Å². The second-order valence-corrected chi connectivity index (χ2v) is 8.47. The van der Waals surface area contributed by atoms with Crippen LogP contribution in [0.3, 0.4) is 0 Å². The average molecular weight is 429 g/mol. The predicted molar refractivity (Wildman–Crippen MR) is 113 cm³/mol. The molecule has 3 aromatic rings. The van der Waals surface area contributed by atoms with Gasteiger partial charge in [0.05, 0.1) is 24.3 Å². The molecule has 7 nitrogen and oxygen atoms in total. The molecule has 0 bridgehead atoms. The molecule has 3 rings (SSSR count). The van der Waals surface area contributed by atoms with Crippen molar-refractivity contribution in [2.75, 3.05) is 13.2 Å². The molecule has 2 N–H and O–H groups in total. The molecule has 0 aliphatic carbocycles. The molecule has 1 aromatic heterocycles. The fourth-order valence-corrected chi connectivity index (χ4v) is 3.71. The van der Waals surface area contributed by atoms with E-state index in [0.29, 0.717) is 30.9 Å². The van der Waals surface area contributed by atoms with E-state index in [-0.39, 0.29) is 17.3 Å². The quantitative estimate of drug-likeness (QED) is 0.483. The van der Waals surface area contributed by atoms with Gasteiger partial charge in [0, 0.05) is 12.1 Å². The van der Waals surface area contributed by atoms with Crippen LogP contribution < -0.4 is 14.8 Å². The van der Waals surface area contributed by atoms with Gasteiger partial charge in [0.1, 0.15) is 11.5 Å². The number of hydrogen-bond donors (Lipinski definition) is 2. The lowest BCUT2D eigenvalue weighted by atomic mass is 10.2. The Kier molecular flexibility index (Phi) is 7.26. The molecular weight excluding hydrogens is 404 g/mol. The number of ether oxygens (including phenoxy) is 1. The predicted octanol–water partition coefficient (Wildman–Crippen LogP) is 3.27.